The van der Waals surface area contributed by atoms with E-state index < -0.39 is 27.1 Å². The van der Waals surface area contributed by atoms with Crippen LogP contribution < -0.4 is 0 Å². The van der Waals surface area contributed by atoms with Crippen molar-refractivity contribution in [3.8, 4) is 0 Å². The van der Waals surface area contributed by atoms with Crippen molar-refractivity contribution in [1.29, 1.82) is 0 Å². The molecule has 3 rings (SSSR count). The molecule has 0 aromatic rings. The zero-order chi connectivity index (χ0) is 16.1. The van der Waals surface area contributed by atoms with E-state index >= 15 is 0 Å². The van der Waals surface area contributed by atoms with Crippen LogP contribution >= 0.6 is 39.1 Å². The minimum atomic E-state index is -1.58. The summed E-state index contributed by atoms with van der Waals surface area (Å²) in [5.41, 5.74) is -2.57. The Labute approximate surface area is 143 Å². The molecule has 0 amide bonds. The van der Waals surface area contributed by atoms with Crippen molar-refractivity contribution in [1.82, 2.24) is 0 Å². The van der Waals surface area contributed by atoms with Crippen molar-refractivity contribution in [3.63, 3.8) is 0 Å². The normalized spacial score (nSPS) is 58.6. The van der Waals surface area contributed by atoms with Crippen LogP contribution in [0.3, 0.4) is 0 Å². The van der Waals surface area contributed by atoms with Gasteiger partial charge in [0.25, 0.3) is 0 Å². The van der Waals surface area contributed by atoms with Gasteiger partial charge in [-0.2, -0.15) is 0 Å². The van der Waals surface area contributed by atoms with Crippen molar-refractivity contribution < 1.29 is 14.9 Å². The summed E-state index contributed by atoms with van der Waals surface area (Å²) < 4.78 is 6.00. The van der Waals surface area contributed by atoms with Crippen molar-refractivity contribution in [2.24, 2.45) is 10.8 Å². The average molecular weight is 400 g/mol. The van der Waals surface area contributed by atoms with Gasteiger partial charge in [0.05, 0.1) is 21.6 Å². The second kappa shape index (κ2) is 4.20. The van der Waals surface area contributed by atoms with Crippen LogP contribution in [0, 0.1) is 10.8 Å². The first-order chi connectivity index (χ1) is 9.32. The monoisotopic (exact) mass is 398 g/mol. The molecule has 6 heteroatoms. The number of aliphatic hydroxyl groups is 2. The van der Waals surface area contributed by atoms with Crippen molar-refractivity contribution in [3.05, 3.63) is 11.1 Å². The van der Waals surface area contributed by atoms with Crippen molar-refractivity contribution >= 4 is 39.1 Å². The predicted molar refractivity (Wildman–Crippen MR) is 86.8 cm³/mol. The Morgan fingerprint density at radius 3 is 2.38 bits per heavy atom. The van der Waals surface area contributed by atoms with Gasteiger partial charge in [-0.1, -0.05) is 41.4 Å². The van der Waals surface area contributed by atoms with Gasteiger partial charge in [-0.15, -0.1) is 11.6 Å². The highest BCUT2D eigenvalue weighted by Crippen LogP contribution is 2.72. The molecule has 2 N–H and O–H groups in total. The van der Waals surface area contributed by atoms with Crippen LogP contribution in [0.4, 0.5) is 0 Å². The lowest BCUT2D eigenvalue weighted by Crippen LogP contribution is -2.66. The second-order valence-corrected chi connectivity index (χ2v) is 10.0. The molecule has 2 aliphatic carbocycles. The molecule has 6 atom stereocenters. The highest BCUT2D eigenvalue weighted by Gasteiger charge is 2.79. The Bertz CT molecular complexity index is 531. The van der Waals surface area contributed by atoms with Gasteiger partial charge in [0.2, 0.25) is 5.79 Å². The van der Waals surface area contributed by atoms with E-state index in [2.05, 4.69) is 15.9 Å². The van der Waals surface area contributed by atoms with Gasteiger partial charge < -0.3 is 14.9 Å². The molecule has 1 spiro atoms. The molecule has 1 saturated heterocycles. The fourth-order valence-electron chi connectivity index (χ4n) is 4.74. The summed E-state index contributed by atoms with van der Waals surface area (Å²) in [5.74, 6) is -1.58. The topological polar surface area (TPSA) is 49.7 Å². The van der Waals surface area contributed by atoms with Crippen LogP contribution in [0.1, 0.15) is 40.5 Å². The molecule has 1 aliphatic heterocycles. The van der Waals surface area contributed by atoms with Crippen molar-refractivity contribution in [2.45, 2.75) is 67.7 Å². The number of halogens is 3. The smallest absolute Gasteiger partial charge is 0.209 e. The lowest BCUT2D eigenvalue weighted by atomic mass is 9.47. The molecule has 6 unspecified atom stereocenters. The molecule has 0 aromatic heterocycles. The number of rotatable bonds is 0. The van der Waals surface area contributed by atoms with E-state index in [1.54, 1.807) is 6.92 Å². The zero-order valence-corrected chi connectivity index (χ0v) is 15.7. The predicted octanol–water partition coefficient (Wildman–Crippen LogP) is 3.53. The second-order valence-electron chi connectivity index (χ2n) is 7.64. The van der Waals surface area contributed by atoms with Gasteiger partial charge in [0, 0.05) is 15.7 Å². The molecule has 2 fully saturated rings. The first-order valence-corrected chi connectivity index (χ1v) is 8.83. The van der Waals surface area contributed by atoms with Crippen LogP contribution in [0.25, 0.3) is 0 Å². The maximum atomic E-state index is 11.1. The Hall–Kier alpha value is 0.680. The van der Waals surface area contributed by atoms with Crippen LogP contribution in [-0.4, -0.2) is 37.4 Å². The molecule has 1 heterocycles. The quantitative estimate of drug-likeness (QED) is 0.612. The summed E-state index contributed by atoms with van der Waals surface area (Å²) in [5, 5.41) is 22.3. The molecule has 2 bridgehead atoms. The van der Waals surface area contributed by atoms with E-state index in [9.17, 15) is 10.2 Å². The summed E-state index contributed by atoms with van der Waals surface area (Å²) >= 11 is 16.5. The van der Waals surface area contributed by atoms with E-state index in [0.717, 1.165) is 0 Å². The summed E-state index contributed by atoms with van der Waals surface area (Å²) in [4.78, 5) is -0.493. The summed E-state index contributed by atoms with van der Waals surface area (Å²) in [6, 6.07) is 0. The number of ether oxygens (including phenoxy) is 1. The summed E-state index contributed by atoms with van der Waals surface area (Å²) in [7, 11) is 0. The first kappa shape index (κ1) is 16.5. The highest BCUT2D eigenvalue weighted by molar-refractivity contribution is 9.09. The molecular formula is C15H21BrCl2O3. The van der Waals surface area contributed by atoms with Gasteiger partial charge in [-0.05, 0) is 32.8 Å². The lowest BCUT2D eigenvalue weighted by molar-refractivity contribution is -0.209. The van der Waals surface area contributed by atoms with E-state index in [1.807, 2.05) is 20.8 Å². The third kappa shape index (κ3) is 1.67. The largest absolute Gasteiger partial charge is 0.385 e. The molecule has 120 valence electrons. The number of hydrogen-bond acceptors (Lipinski definition) is 3. The van der Waals surface area contributed by atoms with Gasteiger partial charge in [-0.25, -0.2) is 0 Å². The Morgan fingerprint density at radius 2 is 1.81 bits per heavy atom. The Balaban J connectivity index is 2.25. The van der Waals surface area contributed by atoms with E-state index in [1.165, 1.54) is 6.08 Å². The summed E-state index contributed by atoms with van der Waals surface area (Å²) in [6.45, 7) is 7.52. The van der Waals surface area contributed by atoms with E-state index in [0.29, 0.717) is 12.8 Å². The van der Waals surface area contributed by atoms with Gasteiger partial charge in [0.15, 0.2) is 0 Å². The molecule has 0 radical (unpaired) electrons. The molecule has 3 aliphatic rings. The minimum Gasteiger partial charge on any atom is -0.385 e. The molecule has 21 heavy (non-hydrogen) atoms. The summed E-state index contributed by atoms with van der Waals surface area (Å²) in [6.07, 6.45) is 2.30. The third-order valence-corrected chi connectivity index (χ3v) is 8.58. The van der Waals surface area contributed by atoms with E-state index in [-0.39, 0.29) is 16.0 Å². The molecule has 3 nitrogen and oxygen atoms in total. The number of fused-ring (bicyclic) bond motifs is 1. The average Bonchev–Trinajstić information content (AvgIpc) is 2.42. The lowest BCUT2D eigenvalue weighted by Gasteiger charge is -2.59. The standard InChI is InChI=1S/C15H21BrCl2O3/c1-11(2)14-5-8(16)12(3,18)7-10(14)21-15(11,20)9(17)6-13(14,4)19/h6,8,10,19-20H,5,7H2,1-4H3. The minimum absolute atomic E-state index is 0.00453. The Morgan fingerprint density at radius 1 is 1.24 bits per heavy atom. The third-order valence-electron chi connectivity index (χ3n) is 6.20. The van der Waals surface area contributed by atoms with Gasteiger partial charge >= 0.3 is 0 Å². The number of hydrogen-bond donors (Lipinski definition) is 2. The van der Waals surface area contributed by atoms with Crippen LogP contribution in [-0.2, 0) is 4.74 Å². The fraction of sp³-hybridized carbons (Fsp3) is 0.867. The van der Waals surface area contributed by atoms with E-state index in [4.69, 9.17) is 27.9 Å². The maximum Gasteiger partial charge on any atom is 0.209 e. The SMILES string of the molecule is CC1(Cl)CC2OC3(O)C(Cl)=CC(C)(O)C2(CC1Br)C3(C)C. The van der Waals surface area contributed by atoms with Crippen LogP contribution in [0.15, 0.2) is 11.1 Å². The van der Waals surface area contributed by atoms with Crippen LogP contribution in [0.2, 0.25) is 0 Å². The molecular weight excluding hydrogens is 379 g/mol. The van der Waals surface area contributed by atoms with Crippen LogP contribution in [0.5, 0.6) is 0 Å². The van der Waals surface area contributed by atoms with Gasteiger partial charge in [-0.3, -0.25) is 0 Å². The fourth-order valence-corrected chi connectivity index (χ4v) is 6.15. The maximum absolute atomic E-state index is 11.1. The highest BCUT2D eigenvalue weighted by atomic mass is 79.9. The number of alkyl halides is 2. The molecule has 0 aromatic carbocycles. The Kier molecular flexibility index (Phi) is 3.31. The van der Waals surface area contributed by atoms with Crippen molar-refractivity contribution in [2.75, 3.05) is 0 Å². The zero-order valence-electron chi connectivity index (χ0n) is 12.6. The first-order valence-electron chi connectivity index (χ1n) is 7.16. The van der Waals surface area contributed by atoms with Gasteiger partial charge in [0.1, 0.15) is 0 Å². The molecule has 1 saturated carbocycles.